The van der Waals surface area contributed by atoms with E-state index in [1.165, 1.54) is 16.6 Å². The third-order valence-electron chi connectivity index (χ3n) is 3.36. The average Bonchev–Trinajstić information content (AvgIpc) is 3.26. The highest BCUT2D eigenvalue weighted by Gasteiger charge is 2.11. The van der Waals surface area contributed by atoms with Crippen molar-refractivity contribution in [2.24, 2.45) is 7.05 Å². The lowest BCUT2D eigenvalue weighted by atomic mass is 10.3. The lowest BCUT2D eigenvalue weighted by molar-refractivity contribution is -0.113. The minimum atomic E-state index is -0.0872. The zero-order valence-electron chi connectivity index (χ0n) is 13.5. The number of hydrogen-bond acceptors (Lipinski definition) is 6. The molecule has 0 aliphatic rings. The van der Waals surface area contributed by atoms with Gasteiger partial charge in [-0.25, -0.2) is 0 Å². The van der Waals surface area contributed by atoms with Crippen molar-refractivity contribution in [3.63, 3.8) is 0 Å². The van der Waals surface area contributed by atoms with Gasteiger partial charge in [0.25, 0.3) is 0 Å². The van der Waals surface area contributed by atoms with Crippen LogP contribution in [0.5, 0.6) is 0 Å². The zero-order valence-corrected chi connectivity index (χ0v) is 15.1. The molecular weight excluding hydrogens is 344 g/mol. The smallest absolute Gasteiger partial charge is 0.235 e. The number of rotatable bonds is 7. The summed E-state index contributed by atoms with van der Waals surface area (Å²) in [5.41, 5.74) is 0.869. The van der Waals surface area contributed by atoms with Crippen LogP contribution in [0, 0.1) is 6.92 Å². The number of carbonyl (C=O) groups is 1. The highest BCUT2D eigenvalue weighted by molar-refractivity contribution is 7.99. The predicted octanol–water partition coefficient (Wildman–Crippen LogP) is 2.36. The van der Waals surface area contributed by atoms with Crippen LogP contribution in [0.2, 0.25) is 0 Å². The van der Waals surface area contributed by atoms with Crippen molar-refractivity contribution >= 4 is 34.8 Å². The largest absolute Gasteiger partial charge is 0.310 e. The average molecular weight is 362 g/mol. The van der Waals surface area contributed by atoms with Crippen molar-refractivity contribution in [3.05, 3.63) is 40.5 Å². The van der Waals surface area contributed by atoms with Crippen LogP contribution in [0.25, 0.3) is 0 Å². The van der Waals surface area contributed by atoms with Crippen LogP contribution < -0.4 is 5.32 Å². The quantitative estimate of drug-likeness (QED) is 0.653. The summed E-state index contributed by atoms with van der Waals surface area (Å²) >= 11 is 3.12. The van der Waals surface area contributed by atoms with Crippen molar-refractivity contribution in [1.82, 2.24) is 24.5 Å². The molecule has 3 rings (SSSR count). The Hall–Kier alpha value is -2.13. The van der Waals surface area contributed by atoms with E-state index in [2.05, 4.69) is 32.1 Å². The minimum absolute atomic E-state index is 0.0872. The number of anilines is 1. The van der Waals surface area contributed by atoms with Gasteiger partial charge in [0, 0.05) is 24.5 Å². The van der Waals surface area contributed by atoms with Gasteiger partial charge in [-0.15, -0.1) is 21.5 Å². The van der Waals surface area contributed by atoms with E-state index in [0.29, 0.717) is 5.82 Å². The molecule has 0 radical (unpaired) electrons. The lowest BCUT2D eigenvalue weighted by Crippen LogP contribution is -2.17. The normalized spacial score (nSPS) is 10.9. The second-order valence-electron chi connectivity index (χ2n) is 5.27. The van der Waals surface area contributed by atoms with Gasteiger partial charge in [-0.05, 0) is 24.8 Å². The molecule has 0 fully saturated rings. The second-order valence-corrected chi connectivity index (χ2v) is 7.24. The SMILES string of the molecule is Cc1cc(NC(=O)CSc2nncn2CCc2cccs2)n(C)n1. The summed E-state index contributed by atoms with van der Waals surface area (Å²) in [4.78, 5) is 13.4. The third kappa shape index (κ3) is 4.24. The van der Waals surface area contributed by atoms with Crippen LogP contribution in [0.15, 0.2) is 35.1 Å². The minimum Gasteiger partial charge on any atom is -0.310 e. The molecule has 0 unspecified atom stereocenters. The zero-order chi connectivity index (χ0) is 16.9. The molecule has 0 atom stereocenters. The summed E-state index contributed by atoms with van der Waals surface area (Å²) in [6.07, 6.45) is 2.64. The predicted molar refractivity (Wildman–Crippen MR) is 95.3 cm³/mol. The van der Waals surface area contributed by atoms with Crippen LogP contribution >= 0.6 is 23.1 Å². The Morgan fingerprint density at radius 1 is 1.46 bits per heavy atom. The Labute approximate surface area is 148 Å². The standard InChI is InChI=1S/C15H18N6OS2/c1-11-8-13(20(2)19-11)17-14(22)9-24-15-18-16-10-21(15)6-5-12-4-3-7-23-12/h3-4,7-8,10H,5-6,9H2,1-2H3,(H,17,22). The van der Waals surface area contributed by atoms with Crippen molar-refractivity contribution in [2.45, 2.75) is 25.0 Å². The maximum atomic E-state index is 12.1. The maximum absolute atomic E-state index is 12.1. The summed E-state index contributed by atoms with van der Waals surface area (Å²) in [6, 6.07) is 6.00. The lowest BCUT2D eigenvalue weighted by Gasteiger charge is -2.06. The Bertz CT molecular complexity index is 808. The molecule has 0 aromatic carbocycles. The molecular formula is C15H18N6OS2. The molecule has 3 aromatic heterocycles. The maximum Gasteiger partial charge on any atom is 0.235 e. The van der Waals surface area contributed by atoms with Crippen molar-refractivity contribution in [3.8, 4) is 0 Å². The number of amides is 1. The van der Waals surface area contributed by atoms with Gasteiger partial charge < -0.3 is 9.88 Å². The topological polar surface area (TPSA) is 77.6 Å². The van der Waals surface area contributed by atoms with Crippen molar-refractivity contribution in [1.29, 1.82) is 0 Å². The summed E-state index contributed by atoms with van der Waals surface area (Å²) in [5.74, 6) is 0.884. The molecule has 7 nitrogen and oxygen atoms in total. The highest BCUT2D eigenvalue weighted by atomic mass is 32.2. The van der Waals surface area contributed by atoms with Crippen LogP contribution in [0.3, 0.4) is 0 Å². The van der Waals surface area contributed by atoms with Gasteiger partial charge in [-0.3, -0.25) is 9.48 Å². The number of aromatic nitrogens is 5. The summed E-state index contributed by atoms with van der Waals surface area (Å²) in [7, 11) is 1.80. The van der Waals surface area contributed by atoms with Gasteiger partial charge in [0.05, 0.1) is 11.4 Å². The van der Waals surface area contributed by atoms with Gasteiger partial charge in [0.1, 0.15) is 12.1 Å². The first-order chi connectivity index (χ1) is 11.6. The van der Waals surface area contributed by atoms with Gasteiger partial charge in [-0.1, -0.05) is 17.8 Å². The van der Waals surface area contributed by atoms with Crippen molar-refractivity contribution < 1.29 is 4.79 Å². The second kappa shape index (κ2) is 7.63. The van der Waals surface area contributed by atoms with Gasteiger partial charge in [-0.2, -0.15) is 5.10 Å². The van der Waals surface area contributed by atoms with E-state index < -0.39 is 0 Å². The van der Waals surface area contributed by atoms with Gasteiger partial charge in [0.2, 0.25) is 5.91 Å². The molecule has 24 heavy (non-hydrogen) atoms. The van der Waals surface area contributed by atoms with Crippen LogP contribution in [-0.4, -0.2) is 36.2 Å². The van der Waals surface area contributed by atoms with Gasteiger partial charge >= 0.3 is 0 Å². The molecule has 3 heterocycles. The first kappa shape index (κ1) is 16.7. The van der Waals surface area contributed by atoms with Crippen molar-refractivity contribution in [2.75, 3.05) is 11.1 Å². The molecule has 0 bridgehead atoms. The van der Waals surface area contributed by atoms with Gasteiger partial charge in [0.15, 0.2) is 5.16 Å². The molecule has 0 aliphatic carbocycles. The number of nitrogens with one attached hydrogen (secondary N) is 1. The molecule has 3 aromatic rings. The van der Waals surface area contributed by atoms with E-state index in [0.717, 1.165) is 23.8 Å². The molecule has 0 spiro atoms. The fourth-order valence-electron chi connectivity index (χ4n) is 2.23. The van der Waals surface area contributed by atoms with Crippen LogP contribution in [0.1, 0.15) is 10.6 Å². The number of aryl methyl sites for hydroxylation is 4. The van der Waals surface area contributed by atoms with E-state index in [1.807, 2.05) is 23.6 Å². The van der Waals surface area contributed by atoms with E-state index in [1.54, 1.807) is 29.4 Å². The van der Waals surface area contributed by atoms with Crippen LogP contribution in [0.4, 0.5) is 5.82 Å². The Balaban J connectivity index is 1.52. The molecule has 9 heteroatoms. The third-order valence-corrected chi connectivity index (χ3v) is 5.28. The molecule has 1 N–H and O–H groups in total. The Kier molecular flexibility index (Phi) is 5.31. The number of nitrogens with zero attached hydrogens (tertiary/aromatic N) is 5. The van der Waals surface area contributed by atoms with Crippen LogP contribution in [-0.2, 0) is 24.8 Å². The van der Waals surface area contributed by atoms with E-state index >= 15 is 0 Å². The fraction of sp³-hybridized carbons (Fsp3) is 0.333. The first-order valence-corrected chi connectivity index (χ1v) is 9.32. The Morgan fingerprint density at radius 3 is 3.04 bits per heavy atom. The molecule has 0 saturated heterocycles. The summed E-state index contributed by atoms with van der Waals surface area (Å²) < 4.78 is 3.63. The van der Waals surface area contributed by atoms with E-state index in [4.69, 9.17) is 0 Å². The Morgan fingerprint density at radius 2 is 2.33 bits per heavy atom. The molecule has 1 amide bonds. The van der Waals surface area contributed by atoms with E-state index in [9.17, 15) is 4.79 Å². The summed E-state index contributed by atoms with van der Waals surface area (Å²) in [5, 5.41) is 17.9. The molecule has 126 valence electrons. The summed E-state index contributed by atoms with van der Waals surface area (Å²) in [6.45, 7) is 2.69. The highest BCUT2D eigenvalue weighted by Crippen LogP contribution is 2.17. The monoisotopic (exact) mass is 362 g/mol. The first-order valence-electron chi connectivity index (χ1n) is 7.45. The van der Waals surface area contributed by atoms with E-state index in [-0.39, 0.29) is 11.7 Å². The number of thiophene rings is 1. The fourth-order valence-corrected chi connectivity index (χ4v) is 3.67. The molecule has 0 aliphatic heterocycles. The number of carbonyl (C=O) groups excluding carboxylic acids is 1. The molecule has 0 saturated carbocycles. The number of thioether (sulfide) groups is 1. The number of hydrogen-bond donors (Lipinski definition) is 1.